The van der Waals surface area contributed by atoms with E-state index in [0.717, 1.165) is 16.8 Å². The van der Waals surface area contributed by atoms with Crippen LogP contribution in [0.1, 0.15) is 24.4 Å². The molecule has 1 aromatic carbocycles. The standard InChI is InChI=1S/C20H19N5O2S/c1-12-16-11-22-25(15-7-5-4-6-8-15)19(27)17(16)13(2)24(12)14(3)18(26)23-20-21-9-10-28-20/h4-11,14H,1-3H3,(H,21,23,26). The average Bonchev–Trinajstić information content (AvgIpc) is 3.29. The van der Waals surface area contributed by atoms with Crippen LogP contribution in [0.3, 0.4) is 0 Å². The number of nitrogens with zero attached hydrogens (tertiary/aromatic N) is 4. The van der Waals surface area contributed by atoms with Crippen LogP contribution in [0.2, 0.25) is 0 Å². The number of hydrogen-bond acceptors (Lipinski definition) is 5. The molecule has 7 nitrogen and oxygen atoms in total. The molecule has 0 radical (unpaired) electrons. The number of amides is 1. The van der Waals surface area contributed by atoms with Crippen LogP contribution in [0.4, 0.5) is 5.13 Å². The van der Waals surface area contributed by atoms with Crippen LogP contribution in [0.5, 0.6) is 0 Å². The zero-order chi connectivity index (χ0) is 19.8. The number of hydrogen-bond donors (Lipinski definition) is 1. The summed E-state index contributed by atoms with van der Waals surface area (Å²) >= 11 is 1.36. The highest BCUT2D eigenvalue weighted by atomic mass is 32.1. The van der Waals surface area contributed by atoms with Crippen molar-refractivity contribution in [1.82, 2.24) is 19.3 Å². The van der Waals surface area contributed by atoms with Gasteiger partial charge in [0.1, 0.15) is 6.04 Å². The summed E-state index contributed by atoms with van der Waals surface area (Å²) in [6.07, 6.45) is 3.33. The van der Waals surface area contributed by atoms with Gasteiger partial charge >= 0.3 is 0 Å². The van der Waals surface area contributed by atoms with Crippen LogP contribution in [0, 0.1) is 13.8 Å². The lowest BCUT2D eigenvalue weighted by molar-refractivity contribution is -0.118. The molecule has 0 bridgehead atoms. The van der Waals surface area contributed by atoms with Gasteiger partial charge in [0.05, 0.1) is 17.3 Å². The molecule has 1 amide bonds. The Balaban J connectivity index is 1.81. The van der Waals surface area contributed by atoms with E-state index in [9.17, 15) is 9.59 Å². The highest BCUT2D eigenvalue weighted by Gasteiger charge is 2.24. The first-order chi connectivity index (χ1) is 13.5. The third kappa shape index (κ3) is 2.91. The van der Waals surface area contributed by atoms with Gasteiger partial charge in [-0.25, -0.2) is 4.98 Å². The van der Waals surface area contributed by atoms with Crippen molar-refractivity contribution in [2.75, 3.05) is 5.32 Å². The third-order valence-electron chi connectivity index (χ3n) is 4.88. The molecule has 0 aliphatic rings. The molecular formula is C20H19N5O2S. The highest BCUT2D eigenvalue weighted by molar-refractivity contribution is 7.13. The van der Waals surface area contributed by atoms with Crippen LogP contribution < -0.4 is 10.9 Å². The number of carbonyl (C=O) groups is 1. The normalized spacial score (nSPS) is 12.2. The van der Waals surface area contributed by atoms with Gasteiger partial charge in [-0.3, -0.25) is 9.59 Å². The Bertz CT molecular complexity index is 1210. The van der Waals surface area contributed by atoms with E-state index in [1.54, 1.807) is 17.8 Å². The fraction of sp³-hybridized carbons (Fsp3) is 0.200. The molecule has 1 unspecified atom stereocenters. The summed E-state index contributed by atoms with van der Waals surface area (Å²) in [7, 11) is 0. The molecule has 0 fully saturated rings. The van der Waals surface area contributed by atoms with E-state index in [1.807, 2.05) is 55.7 Å². The lowest BCUT2D eigenvalue weighted by Gasteiger charge is -2.17. The van der Waals surface area contributed by atoms with Crippen molar-refractivity contribution in [2.45, 2.75) is 26.8 Å². The number of aromatic nitrogens is 4. The molecule has 0 aliphatic heterocycles. The Morgan fingerprint density at radius 1 is 1.18 bits per heavy atom. The molecule has 1 N–H and O–H groups in total. The third-order valence-corrected chi connectivity index (χ3v) is 5.57. The smallest absolute Gasteiger partial charge is 0.281 e. The lowest BCUT2D eigenvalue weighted by atomic mass is 10.2. The predicted molar refractivity (Wildman–Crippen MR) is 110 cm³/mol. The largest absolute Gasteiger partial charge is 0.336 e. The summed E-state index contributed by atoms with van der Waals surface area (Å²) in [5, 5.41) is 10.8. The molecular weight excluding hydrogens is 374 g/mol. The second kappa shape index (κ2) is 7.05. The number of para-hydroxylation sites is 1. The quantitative estimate of drug-likeness (QED) is 0.576. The molecule has 4 aromatic rings. The summed E-state index contributed by atoms with van der Waals surface area (Å²) in [4.78, 5) is 29.9. The Morgan fingerprint density at radius 2 is 1.93 bits per heavy atom. The van der Waals surface area contributed by atoms with Gasteiger partial charge in [0, 0.05) is 28.4 Å². The number of nitrogens with one attached hydrogen (secondary N) is 1. The van der Waals surface area contributed by atoms with Crippen molar-refractivity contribution in [3.8, 4) is 5.69 Å². The van der Waals surface area contributed by atoms with Crippen molar-refractivity contribution < 1.29 is 4.79 Å². The maximum Gasteiger partial charge on any atom is 0.281 e. The first-order valence-electron chi connectivity index (χ1n) is 8.84. The number of aryl methyl sites for hydroxylation is 2. The number of carbonyl (C=O) groups excluding carboxylic acids is 1. The minimum Gasteiger partial charge on any atom is -0.336 e. The van der Waals surface area contributed by atoms with E-state index in [1.165, 1.54) is 16.0 Å². The molecule has 0 saturated carbocycles. The van der Waals surface area contributed by atoms with Gasteiger partial charge in [-0.05, 0) is 32.9 Å². The molecule has 0 aliphatic carbocycles. The minimum atomic E-state index is -0.499. The molecule has 3 aromatic heterocycles. The van der Waals surface area contributed by atoms with Crippen LogP contribution in [-0.4, -0.2) is 25.2 Å². The SMILES string of the molecule is Cc1c2cnn(-c3ccccc3)c(=O)c2c(C)n1C(C)C(=O)Nc1nccs1. The van der Waals surface area contributed by atoms with E-state index in [0.29, 0.717) is 16.2 Å². The second-order valence-corrected chi connectivity index (χ2v) is 7.42. The van der Waals surface area contributed by atoms with E-state index >= 15 is 0 Å². The van der Waals surface area contributed by atoms with Crippen molar-refractivity contribution in [3.05, 3.63) is 69.8 Å². The van der Waals surface area contributed by atoms with Crippen LogP contribution >= 0.6 is 11.3 Å². The fourth-order valence-electron chi connectivity index (χ4n) is 3.53. The number of benzene rings is 1. The van der Waals surface area contributed by atoms with Gasteiger partial charge in [-0.2, -0.15) is 9.78 Å². The van der Waals surface area contributed by atoms with Crippen molar-refractivity contribution >= 4 is 33.1 Å². The maximum absolute atomic E-state index is 13.1. The van der Waals surface area contributed by atoms with Gasteiger partial charge in [0.15, 0.2) is 5.13 Å². The van der Waals surface area contributed by atoms with Gasteiger partial charge in [0.25, 0.3) is 5.56 Å². The monoisotopic (exact) mass is 393 g/mol. The van der Waals surface area contributed by atoms with E-state index in [2.05, 4.69) is 15.4 Å². The van der Waals surface area contributed by atoms with Gasteiger partial charge in [-0.1, -0.05) is 18.2 Å². The number of rotatable bonds is 4. The number of fused-ring (bicyclic) bond motifs is 1. The lowest BCUT2D eigenvalue weighted by Crippen LogP contribution is -2.25. The van der Waals surface area contributed by atoms with Crippen LogP contribution in [-0.2, 0) is 4.79 Å². The predicted octanol–water partition coefficient (Wildman–Crippen LogP) is 3.46. The molecule has 0 saturated heterocycles. The molecule has 3 heterocycles. The zero-order valence-electron chi connectivity index (χ0n) is 15.7. The van der Waals surface area contributed by atoms with Gasteiger partial charge in [0.2, 0.25) is 5.91 Å². The number of anilines is 1. The Kier molecular flexibility index (Phi) is 4.56. The van der Waals surface area contributed by atoms with Gasteiger partial charge < -0.3 is 9.88 Å². The highest BCUT2D eigenvalue weighted by Crippen LogP contribution is 2.27. The van der Waals surface area contributed by atoms with E-state index < -0.39 is 6.04 Å². The zero-order valence-corrected chi connectivity index (χ0v) is 16.5. The van der Waals surface area contributed by atoms with Gasteiger partial charge in [-0.15, -0.1) is 11.3 Å². The number of thiazole rings is 1. The maximum atomic E-state index is 13.1. The molecule has 142 valence electrons. The first-order valence-corrected chi connectivity index (χ1v) is 9.72. The fourth-order valence-corrected chi connectivity index (χ4v) is 4.06. The van der Waals surface area contributed by atoms with Crippen molar-refractivity contribution in [2.24, 2.45) is 0 Å². The first kappa shape index (κ1) is 18.1. The molecule has 4 rings (SSSR count). The minimum absolute atomic E-state index is 0.183. The summed E-state index contributed by atoms with van der Waals surface area (Å²) in [6, 6.07) is 8.79. The molecule has 1 atom stereocenters. The van der Waals surface area contributed by atoms with Crippen molar-refractivity contribution in [3.63, 3.8) is 0 Å². The summed E-state index contributed by atoms with van der Waals surface area (Å²) < 4.78 is 3.27. The van der Waals surface area contributed by atoms with Crippen molar-refractivity contribution in [1.29, 1.82) is 0 Å². The van der Waals surface area contributed by atoms with E-state index in [4.69, 9.17) is 0 Å². The average molecular weight is 393 g/mol. The Hall–Kier alpha value is -3.26. The van der Waals surface area contributed by atoms with E-state index in [-0.39, 0.29) is 11.5 Å². The summed E-state index contributed by atoms with van der Waals surface area (Å²) in [6.45, 7) is 5.57. The Labute approximate surface area is 165 Å². The molecule has 0 spiro atoms. The summed E-state index contributed by atoms with van der Waals surface area (Å²) in [5.74, 6) is -0.183. The summed E-state index contributed by atoms with van der Waals surface area (Å²) in [5.41, 5.74) is 2.08. The second-order valence-electron chi connectivity index (χ2n) is 6.53. The Morgan fingerprint density at radius 3 is 2.61 bits per heavy atom. The van der Waals surface area contributed by atoms with Crippen LogP contribution in [0.25, 0.3) is 16.5 Å². The molecule has 28 heavy (non-hydrogen) atoms. The topological polar surface area (TPSA) is 81.8 Å². The van der Waals surface area contributed by atoms with Crippen LogP contribution in [0.15, 0.2) is 52.9 Å². The molecule has 8 heteroatoms.